The third-order valence-electron chi connectivity index (χ3n) is 3.19. The summed E-state index contributed by atoms with van der Waals surface area (Å²) in [7, 11) is 3.44. The molecule has 1 aliphatic heterocycles. The van der Waals surface area contributed by atoms with Crippen molar-refractivity contribution in [2.75, 3.05) is 31.3 Å². The molecule has 0 radical (unpaired) electrons. The fraction of sp³-hybridized carbons (Fsp3) is 0.417. The molecule has 0 aromatic heterocycles. The summed E-state index contributed by atoms with van der Waals surface area (Å²) in [6.07, 6.45) is 0.701. The molecule has 2 N–H and O–H groups in total. The topological polar surface area (TPSA) is 87.5 Å². The number of nitrogens with one attached hydrogen (secondary N) is 2. The molecule has 1 amide bonds. The van der Waals surface area contributed by atoms with E-state index in [1.165, 1.54) is 12.1 Å². The summed E-state index contributed by atoms with van der Waals surface area (Å²) in [6.45, 7) is 0.699. The number of anilines is 2. The van der Waals surface area contributed by atoms with Gasteiger partial charge in [0.2, 0.25) is 5.91 Å². The average molecular weight is 264 g/mol. The Labute approximate surface area is 110 Å². The van der Waals surface area contributed by atoms with Crippen LogP contribution >= 0.6 is 0 Å². The highest BCUT2D eigenvalue weighted by molar-refractivity contribution is 5.86. The van der Waals surface area contributed by atoms with Crippen LogP contribution in [0.3, 0.4) is 0 Å². The Morgan fingerprint density at radius 3 is 2.58 bits per heavy atom. The van der Waals surface area contributed by atoms with Gasteiger partial charge in [0.1, 0.15) is 6.04 Å². The van der Waals surface area contributed by atoms with Crippen LogP contribution in [0.4, 0.5) is 17.1 Å². The molecule has 1 aromatic rings. The van der Waals surface area contributed by atoms with Gasteiger partial charge in [0.05, 0.1) is 4.92 Å². The number of hydrogen-bond donors (Lipinski definition) is 2. The third kappa shape index (κ3) is 2.75. The molecule has 0 saturated carbocycles. The van der Waals surface area contributed by atoms with E-state index in [1.54, 1.807) is 25.1 Å². The Morgan fingerprint density at radius 2 is 2.05 bits per heavy atom. The fourth-order valence-electron chi connectivity index (χ4n) is 2.10. The molecule has 1 unspecified atom stereocenters. The van der Waals surface area contributed by atoms with Crippen molar-refractivity contribution in [1.29, 1.82) is 0 Å². The second-order valence-electron chi connectivity index (χ2n) is 4.52. The van der Waals surface area contributed by atoms with Crippen LogP contribution in [0.2, 0.25) is 0 Å². The monoisotopic (exact) mass is 264 g/mol. The van der Waals surface area contributed by atoms with Crippen LogP contribution in [-0.4, -0.2) is 42.4 Å². The molecule has 1 aromatic carbocycles. The van der Waals surface area contributed by atoms with Crippen LogP contribution in [-0.2, 0) is 4.79 Å². The van der Waals surface area contributed by atoms with Crippen LogP contribution in [0, 0.1) is 10.1 Å². The molecule has 7 heteroatoms. The van der Waals surface area contributed by atoms with Gasteiger partial charge in [0.25, 0.3) is 5.69 Å². The minimum atomic E-state index is -0.450. The van der Waals surface area contributed by atoms with E-state index in [9.17, 15) is 14.9 Å². The lowest BCUT2D eigenvalue weighted by Crippen LogP contribution is -2.30. The second-order valence-corrected chi connectivity index (χ2v) is 4.52. The molecule has 102 valence electrons. The molecule has 7 nitrogen and oxygen atoms in total. The highest BCUT2D eigenvalue weighted by atomic mass is 16.6. The Kier molecular flexibility index (Phi) is 3.55. The van der Waals surface area contributed by atoms with Crippen LogP contribution in [0.1, 0.15) is 6.42 Å². The molecule has 2 rings (SSSR count). The molecular formula is C12H16N4O3. The highest BCUT2D eigenvalue weighted by Crippen LogP contribution is 2.25. The summed E-state index contributed by atoms with van der Waals surface area (Å²) in [5.74, 6) is 0.0116. The number of likely N-dealkylation sites (N-methyl/N-ethyl adjacent to an activating group) is 1. The van der Waals surface area contributed by atoms with E-state index >= 15 is 0 Å². The van der Waals surface area contributed by atoms with Crippen LogP contribution in [0.5, 0.6) is 0 Å². The number of benzene rings is 1. The maximum absolute atomic E-state index is 11.8. The fourth-order valence-corrected chi connectivity index (χ4v) is 2.10. The van der Waals surface area contributed by atoms with Gasteiger partial charge in [0, 0.05) is 44.1 Å². The lowest BCUT2D eigenvalue weighted by Gasteiger charge is -2.14. The van der Waals surface area contributed by atoms with Crippen molar-refractivity contribution in [3.8, 4) is 0 Å². The Bertz CT molecular complexity index is 518. The number of rotatable bonds is 4. The first-order valence-corrected chi connectivity index (χ1v) is 6.00. The zero-order chi connectivity index (χ0) is 14.0. The van der Waals surface area contributed by atoms with E-state index in [0.29, 0.717) is 24.3 Å². The van der Waals surface area contributed by atoms with Crippen molar-refractivity contribution in [2.45, 2.75) is 12.5 Å². The Balaban J connectivity index is 2.22. The summed E-state index contributed by atoms with van der Waals surface area (Å²) in [5, 5.41) is 16.8. The molecule has 1 heterocycles. The van der Waals surface area contributed by atoms with Crippen LogP contribution < -0.4 is 10.6 Å². The lowest BCUT2D eigenvalue weighted by atomic mass is 10.2. The predicted octanol–water partition coefficient (Wildman–Crippen LogP) is 1.28. The first-order chi connectivity index (χ1) is 9.01. The number of carbonyl (C=O) groups is 1. The summed E-state index contributed by atoms with van der Waals surface area (Å²) in [4.78, 5) is 23.8. The molecule has 0 bridgehead atoms. The first kappa shape index (κ1) is 13.1. The van der Waals surface area contributed by atoms with Crippen LogP contribution in [0.25, 0.3) is 0 Å². The zero-order valence-electron chi connectivity index (χ0n) is 10.8. The maximum Gasteiger partial charge on any atom is 0.273 e. The van der Waals surface area contributed by atoms with E-state index in [-0.39, 0.29) is 17.6 Å². The van der Waals surface area contributed by atoms with Gasteiger partial charge in [-0.05, 0) is 12.5 Å². The van der Waals surface area contributed by atoms with Gasteiger partial charge in [-0.15, -0.1) is 0 Å². The number of hydrogen-bond acceptors (Lipinski definition) is 5. The van der Waals surface area contributed by atoms with E-state index in [0.717, 1.165) is 0 Å². The molecule has 1 aliphatic rings. The van der Waals surface area contributed by atoms with Crippen molar-refractivity contribution in [1.82, 2.24) is 4.90 Å². The van der Waals surface area contributed by atoms with Crippen molar-refractivity contribution < 1.29 is 9.72 Å². The van der Waals surface area contributed by atoms with Gasteiger partial charge in [-0.3, -0.25) is 14.9 Å². The van der Waals surface area contributed by atoms with Crippen LogP contribution in [0.15, 0.2) is 18.2 Å². The second kappa shape index (κ2) is 5.13. The Hall–Kier alpha value is -2.31. The number of nitrogens with zero attached hydrogens (tertiary/aromatic N) is 2. The lowest BCUT2D eigenvalue weighted by molar-refractivity contribution is -0.384. The largest absolute Gasteiger partial charge is 0.388 e. The van der Waals surface area contributed by atoms with Gasteiger partial charge in [-0.25, -0.2) is 0 Å². The normalized spacial score (nSPS) is 18.5. The molecule has 1 saturated heterocycles. The molecule has 0 aliphatic carbocycles. The van der Waals surface area contributed by atoms with Crippen molar-refractivity contribution in [3.63, 3.8) is 0 Å². The number of amides is 1. The number of likely N-dealkylation sites (tertiary alicyclic amines) is 1. The number of carbonyl (C=O) groups excluding carboxylic acids is 1. The van der Waals surface area contributed by atoms with Gasteiger partial charge >= 0.3 is 0 Å². The number of nitro groups is 1. The average Bonchev–Trinajstić information content (AvgIpc) is 2.70. The van der Waals surface area contributed by atoms with Crippen molar-refractivity contribution in [3.05, 3.63) is 28.3 Å². The number of non-ortho nitro benzene ring substituents is 1. The molecule has 19 heavy (non-hydrogen) atoms. The molecule has 1 fully saturated rings. The maximum atomic E-state index is 11.8. The van der Waals surface area contributed by atoms with Gasteiger partial charge < -0.3 is 15.5 Å². The third-order valence-corrected chi connectivity index (χ3v) is 3.19. The van der Waals surface area contributed by atoms with E-state index in [2.05, 4.69) is 10.6 Å². The van der Waals surface area contributed by atoms with E-state index in [1.807, 2.05) is 0 Å². The predicted molar refractivity (Wildman–Crippen MR) is 72.3 cm³/mol. The summed E-state index contributed by atoms with van der Waals surface area (Å²) >= 11 is 0. The smallest absolute Gasteiger partial charge is 0.273 e. The van der Waals surface area contributed by atoms with E-state index < -0.39 is 4.92 Å². The number of nitro benzene ring substituents is 1. The van der Waals surface area contributed by atoms with Gasteiger partial charge in [-0.2, -0.15) is 0 Å². The zero-order valence-corrected chi connectivity index (χ0v) is 10.8. The van der Waals surface area contributed by atoms with E-state index in [4.69, 9.17) is 0 Å². The van der Waals surface area contributed by atoms with Crippen molar-refractivity contribution >= 4 is 23.0 Å². The van der Waals surface area contributed by atoms with Gasteiger partial charge in [0.15, 0.2) is 0 Å². The van der Waals surface area contributed by atoms with Gasteiger partial charge in [-0.1, -0.05) is 0 Å². The quantitative estimate of drug-likeness (QED) is 0.631. The SMILES string of the molecule is CNc1cc(NC2CCN(C)C2=O)cc([N+](=O)[O-])c1. The summed E-state index contributed by atoms with van der Waals surface area (Å²) in [6, 6.07) is 4.33. The van der Waals surface area contributed by atoms with Crippen molar-refractivity contribution in [2.24, 2.45) is 0 Å². The summed E-state index contributed by atoms with van der Waals surface area (Å²) in [5.41, 5.74) is 1.20. The minimum Gasteiger partial charge on any atom is -0.388 e. The summed E-state index contributed by atoms with van der Waals surface area (Å²) < 4.78 is 0. The molecule has 0 spiro atoms. The molecular weight excluding hydrogens is 248 g/mol. The Morgan fingerprint density at radius 1 is 1.37 bits per heavy atom. The highest BCUT2D eigenvalue weighted by Gasteiger charge is 2.29. The minimum absolute atomic E-state index is 0.00634. The molecule has 1 atom stereocenters. The standard InChI is InChI=1S/C12H16N4O3/c1-13-8-5-9(7-10(6-8)16(18)19)14-11-3-4-15(2)12(11)17/h5-7,11,13-14H,3-4H2,1-2H3. The first-order valence-electron chi connectivity index (χ1n) is 6.00.